The minimum absolute atomic E-state index is 0.136. The molecule has 0 aliphatic rings. The molecular weight excluding hydrogens is 382 g/mol. The van der Waals surface area contributed by atoms with Gasteiger partial charge in [-0.25, -0.2) is 13.8 Å². The van der Waals surface area contributed by atoms with Crippen LogP contribution in [0.4, 0.5) is 14.6 Å². The van der Waals surface area contributed by atoms with E-state index in [4.69, 9.17) is 0 Å². The minimum atomic E-state index is -1.01. The molecule has 0 radical (unpaired) electrons. The fourth-order valence-corrected chi connectivity index (χ4v) is 2.96. The van der Waals surface area contributed by atoms with Crippen molar-refractivity contribution in [2.45, 2.75) is 39.7 Å². The average Bonchev–Trinajstić information content (AvgIpc) is 3.07. The van der Waals surface area contributed by atoms with Gasteiger partial charge in [-0.3, -0.25) is 9.20 Å². The van der Waals surface area contributed by atoms with Crippen molar-refractivity contribution in [3.05, 3.63) is 29.6 Å². The molecular formula is C19H24F2N6O2. The summed E-state index contributed by atoms with van der Waals surface area (Å²) in [7, 11) is 0. The molecule has 1 amide bonds. The molecule has 0 saturated heterocycles. The van der Waals surface area contributed by atoms with E-state index in [0.717, 1.165) is 18.6 Å². The summed E-state index contributed by atoms with van der Waals surface area (Å²) in [5.41, 5.74) is 1.10. The Labute approximate surface area is 166 Å². The second-order valence-corrected chi connectivity index (χ2v) is 7.24. The molecule has 10 heteroatoms. The lowest BCUT2D eigenvalue weighted by Crippen LogP contribution is -2.38. The number of carbonyl (C=O) groups is 1. The van der Waals surface area contributed by atoms with Gasteiger partial charge < -0.3 is 15.7 Å². The molecule has 29 heavy (non-hydrogen) atoms. The summed E-state index contributed by atoms with van der Waals surface area (Å²) < 4.78 is 28.9. The number of unbranched alkanes of at least 4 members (excludes halogenated alkanes) is 1. The number of nitrogens with zero attached hydrogens (tertiary/aromatic N) is 4. The van der Waals surface area contributed by atoms with Crippen molar-refractivity contribution < 1.29 is 18.7 Å². The van der Waals surface area contributed by atoms with Gasteiger partial charge in [0.25, 0.3) is 0 Å². The first kappa shape index (κ1) is 20.8. The number of carbonyl (C=O) groups excluding carboxylic acids is 1. The van der Waals surface area contributed by atoms with Crippen LogP contribution in [0.25, 0.3) is 16.7 Å². The summed E-state index contributed by atoms with van der Waals surface area (Å²) in [6.07, 6.45) is 0.401. The molecule has 0 saturated carbocycles. The van der Waals surface area contributed by atoms with Crippen LogP contribution in [0.2, 0.25) is 0 Å². The second kappa shape index (κ2) is 8.64. The Bertz CT molecular complexity index is 1040. The molecule has 3 aromatic rings. The number of hydrogen-bond donors (Lipinski definition) is 3. The van der Waals surface area contributed by atoms with Crippen molar-refractivity contribution in [1.82, 2.24) is 24.9 Å². The Kier molecular flexibility index (Phi) is 6.21. The monoisotopic (exact) mass is 406 g/mol. The SMILES string of the molecule is Cc1nnc2c(NCCCCNC(=O)C(O)C(C)C)nc3cc(F)c(F)cc3n12. The molecule has 1 atom stereocenters. The predicted octanol–water partition coefficient (Wildman–Crippen LogP) is 2.19. The Balaban J connectivity index is 1.65. The highest BCUT2D eigenvalue weighted by Crippen LogP contribution is 2.23. The number of fused-ring (bicyclic) bond motifs is 3. The Morgan fingerprint density at radius 1 is 1.17 bits per heavy atom. The lowest BCUT2D eigenvalue weighted by Gasteiger charge is -2.14. The van der Waals surface area contributed by atoms with E-state index in [9.17, 15) is 18.7 Å². The quantitative estimate of drug-likeness (QED) is 0.496. The fraction of sp³-hybridized carbons (Fsp3) is 0.474. The summed E-state index contributed by atoms with van der Waals surface area (Å²) in [5, 5.41) is 23.6. The highest BCUT2D eigenvalue weighted by Gasteiger charge is 2.18. The Morgan fingerprint density at radius 2 is 1.86 bits per heavy atom. The molecule has 8 nitrogen and oxygen atoms in total. The summed E-state index contributed by atoms with van der Waals surface area (Å²) in [4.78, 5) is 16.1. The van der Waals surface area contributed by atoms with E-state index >= 15 is 0 Å². The van der Waals surface area contributed by atoms with E-state index < -0.39 is 17.7 Å². The Hall–Kier alpha value is -2.88. The predicted molar refractivity (Wildman–Crippen MR) is 105 cm³/mol. The number of anilines is 1. The number of rotatable bonds is 8. The van der Waals surface area contributed by atoms with Crippen LogP contribution in [0.15, 0.2) is 12.1 Å². The summed E-state index contributed by atoms with van der Waals surface area (Å²) in [6.45, 7) is 6.25. The molecule has 1 unspecified atom stereocenters. The first-order chi connectivity index (χ1) is 13.8. The van der Waals surface area contributed by atoms with Gasteiger partial charge in [0, 0.05) is 25.2 Å². The molecule has 0 fully saturated rings. The maximum Gasteiger partial charge on any atom is 0.249 e. The van der Waals surface area contributed by atoms with Crippen LogP contribution in [0.3, 0.4) is 0 Å². The first-order valence-corrected chi connectivity index (χ1v) is 9.49. The number of nitrogens with one attached hydrogen (secondary N) is 2. The molecule has 0 spiro atoms. The van der Waals surface area contributed by atoms with Crippen molar-refractivity contribution in [3.63, 3.8) is 0 Å². The largest absolute Gasteiger partial charge is 0.383 e. The van der Waals surface area contributed by atoms with Gasteiger partial charge in [0.2, 0.25) is 11.6 Å². The van der Waals surface area contributed by atoms with Crippen LogP contribution in [0.1, 0.15) is 32.5 Å². The van der Waals surface area contributed by atoms with Gasteiger partial charge in [0.15, 0.2) is 17.5 Å². The van der Waals surface area contributed by atoms with E-state index in [-0.39, 0.29) is 17.3 Å². The normalized spacial score (nSPS) is 12.7. The smallest absolute Gasteiger partial charge is 0.249 e. The zero-order valence-corrected chi connectivity index (χ0v) is 16.5. The molecule has 1 aromatic carbocycles. The third-order valence-electron chi connectivity index (χ3n) is 4.62. The zero-order valence-electron chi connectivity index (χ0n) is 16.5. The number of aliphatic hydroxyl groups excluding tert-OH is 1. The Morgan fingerprint density at radius 3 is 2.59 bits per heavy atom. The van der Waals surface area contributed by atoms with Crippen LogP contribution in [0, 0.1) is 24.5 Å². The zero-order chi connectivity index (χ0) is 21.1. The molecule has 2 aromatic heterocycles. The fourth-order valence-electron chi connectivity index (χ4n) is 2.96. The van der Waals surface area contributed by atoms with Crippen LogP contribution in [-0.2, 0) is 4.79 Å². The highest BCUT2D eigenvalue weighted by atomic mass is 19.2. The molecule has 2 heterocycles. The number of halogens is 2. The molecule has 0 aliphatic heterocycles. The lowest BCUT2D eigenvalue weighted by atomic mass is 10.1. The van der Waals surface area contributed by atoms with Crippen molar-refractivity contribution in [2.24, 2.45) is 5.92 Å². The number of aromatic nitrogens is 4. The van der Waals surface area contributed by atoms with Gasteiger partial charge in [-0.1, -0.05) is 13.8 Å². The molecule has 0 bridgehead atoms. The van der Waals surface area contributed by atoms with Gasteiger partial charge in [-0.05, 0) is 25.7 Å². The van der Waals surface area contributed by atoms with Crippen LogP contribution in [0.5, 0.6) is 0 Å². The molecule has 156 valence electrons. The second-order valence-electron chi connectivity index (χ2n) is 7.24. The topological polar surface area (TPSA) is 104 Å². The molecule has 0 aliphatic carbocycles. The van der Waals surface area contributed by atoms with E-state index in [1.807, 2.05) is 0 Å². The summed E-state index contributed by atoms with van der Waals surface area (Å²) in [6, 6.07) is 2.13. The van der Waals surface area contributed by atoms with E-state index in [2.05, 4.69) is 25.8 Å². The maximum absolute atomic E-state index is 13.7. The van der Waals surface area contributed by atoms with Gasteiger partial charge in [0.1, 0.15) is 11.9 Å². The average molecular weight is 406 g/mol. The van der Waals surface area contributed by atoms with Gasteiger partial charge >= 0.3 is 0 Å². The lowest BCUT2D eigenvalue weighted by molar-refractivity contribution is -0.131. The summed E-state index contributed by atoms with van der Waals surface area (Å²) in [5.74, 6) is -1.49. The minimum Gasteiger partial charge on any atom is -0.383 e. The van der Waals surface area contributed by atoms with Crippen molar-refractivity contribution in [2.75, 3.05) is 18.4 Å². The third kappa shape index (κ3) is 4.42. The van der Waals surface area contributed by atoms with E-state index in [1.165, 1.54) is 0 Å². The number of aliphatic hydroxyl groups is 1. The third-order valence-corrected chi connectivity index (χ3v) is 4.62. The van der Waals surface area contributed by atoms with Crippen molar-refractivity contribution >= 4 is 28.4 Å². The van der Waals surface area contributed by atoms with E-state index in [1.54, 1.807) is 25.2 Å². The van der Waals surface area contributed by atoms with Crippen molar-refractivity contribution in [1.29, 1.82) is 0 Å². The number of hydrogen-bond acceptors (Lipinski definition) is 6. The molecule has 3 N–H and O–H groups in total. The summed E-state index contributed by atoms with van der Waals surface area (Å²) >= 11 is 0. The standard InChI is InChI=1S/C19H24F2N6O2/c1-10(2)16(28)19(29)23-7-5-4-6-22-17-18-26-25-11(3)27(18)15-9-13(21)12(20)8-14(15)24-17/h8-10,16,28H,4-7H2,1-3H3,(H,22,24)(H,23,29). The number of aryl methyl sites for hydroxylation is 1. The van der Waals surface area contributed by atoms with Crippen LogP contribution < -0.4 is 10.6 Å². The number of amides is 1. The van der Waals surface area contributed by atoms with Gasteiger partial charge in [0.05, 0.1) is 11.0 Å². The number of benzene rings is 1. The van der Waals surface area contributed by atoms with Crippen LogP contribution in [-0.4, -0.2) is 49.8 Å². The highest BCUT2D eigenvalue weighted by molar-refractivity contribution is 5.83. The van der Waals surface area contributed by atoms with Gasteiger partial charge in [-0.2, -0.15) is 0 Å². The van der Waals surface area contributed by atoms with Crippen LogP contribution >= 0.6 is 0 Å². The maximum atomic E-state index is 13.7. The molecule has 3 rings (SSSR count). The first-order valence-electron chi connectivity index (χ1n) is 9.49. The van der Waals surface area contributed by atoms with E-state index in [0.29, 0.717) is 42.3 Å². The van der Waals surface area contributed by atoms with Gasteiger partial charge in [-0.15, -0.1) is 10.2 Å². The van der Waals surface area contributed by atoms with Crippen molar-refractivity contribution in [3.8, 4) is 0 Å².